The van der Waals surface area contributed by atoms with Crippen LogP contribution in [0.4, 0.5) is 62.3 Å². The van der Waals surface area contributed by atoms with Crippen molar-refractivity contribution in [2.45, 2.75) is 303 Å². The third kappa shape index (κ3) is 24.3. The minimum absolute atomic E-state index is 0.00347. The minimum atomic E-state index is -4.46. The SMILES string of the molecule is CC(C)(C)OO.CO.COC1CCC2(CC1)Cc1ccc(OCC3CC3)cc1C21N=C(N)N(CCC(F)(F)F)C1=O.COC1CCC2(CC1)Cc1ccc(OCC3CC3)cc1C21NC(=O)N(CCC(F)(F)F)C1=O.COC1CCC2(CC1)Cc1ccc(OCC3CC3)cc1C21NC(=O)NC1=O.COC1CCC2(CC1)Cc1ccc(OCC3CC3)cc1C21NC(=S)N(CCC(F)(F)F)C1=O.FC(F)(F)CCBr.NO. The molecule has 28 nitrogen and oxygen atoms in total. The molecule has 16 aliphatic rings. The van der Waals surface area contributed by atoms with Gasteiger partial charge >= 0.3 is 36.8 Å². The van der Waals surface area contributed by atoms with Gasteiger partial charge < -0.3 is 69.9 Å². The molecule has 8 amide bonds. The van der Waals surface area contributed by atoms with E-state index in [-0.39, 0.29) is 58.0 Å². The predicted molar refractivity (Wildman–Crippen MR) is 509 cm³/mol. The number of methoxy groups -OCH3 is 4. The first kappa shape index (κ1) is 112. The predicted octanol–water partition coefficient (Wildman–Crippen LogP) is 17.9. The van der Waals surface area contributed by atoms with Gasteiger partial charge in [0.2, 0.25) is 0 Å². The lowest BCUT2D eigenvalue weighted by atomic mass is 9.61. The fourth-order valence-electron chi connectivity index (χ4n) is 23.2. The van der Waals surface area contributed by atoms with E-state index in [1.54, 1.807) is 49.2 Å². The van der Waals surface area contributed by atoms with E-state index in [9.17, 15) is 81.5 Å². The summed E-state index contributed by atoms with van der Waals surface area (Å²) < 4.78 is 196. The van der Waals surface area contributed by atoms with Gasteiger partial charge in [-0.05, 0) is 329 Å². The average Bonchev–Trinajstić information content (AvgIpc) is 1.51. The maximum atomic E-state index is 14.0. The summed E-state index contributed by atoms with van der Waals surface area (Å²) in [4.78, 5) is 91.5. The fourth-order valence-corrected chi connectivity index (χ4v) is 24.0. The molecule has 11 N–H and O–H groups in total. The molecule has 4 atom stereocenters. The summed E-state index contributed by atoms with van der Waals surface area (Å²) in [7, 11) is 7.78. The standard InChI is InChI=1S/C24H30F3N3O3.C24H29F3N2O4.C24H29F3N2O3S.C21H26N2O4.C4H10O2.C3H4BrF3.CH4O.H3NO/c1-32-17-6-8-22(9-7-17)13-16-4-5-18(33-14-15-2-3-15)12-19(16)24(22)20(31)30(21(28)29-24)11-10-23(25,26)27;1-32-17-6-8-22(9-7-17)13-16-4-5-18(33-14-15-2-3-15)12-19(16)24(22)20(30)29(21(31)28-24)11-10-23(25,26)27;1-31-17-6-8-22(9-7-17)13-16-4-5-18(32-14-15-2-3-15)12-19(16)24(22)20(30)29(21(33)28-24)11-10-23(25,26)27;1-26-15-6-8-20(9-7-15)11-14-4-5-16(27-12-13-2-3-13)10-17(14)21(20)18(24)22-19(25)23-21;1-4(2,3)6-5;4-2-1-3(5,6)7;2*1-2/h4-5,12,15,17H,2-3,6-11,13-14H2,1H3,(H2,28,29);4-5,12,15,17H,2-3,6-11,13-14H2,1H3,(H,28,31);4-5,12,15,17H,2-3,6-11,13-14H2,1H3,(H,28,33);4-5,10,13,15H,2-3,6-9,11-12H2,1H3,(H2,22,23,24,25);5H,1-3H3;1-2H2;2H,1H3;2H,1H2. The zero-order chi connectivity index (χ0) is 104. The zero-order valence-corrected chi connectivity index (χ0v) is 84.5. The van der Waals surface area contributed by atoms with Gasteiger partial charge in [0, 0.05) is 82.2 Å². The highest BCUT2D eigenvalue weighted by molar-refractivity contribution is 9.09. The number of halogens is 13. The summed E-state index contributed by atoms with van der Waals surface area (Å²) in [6.45, 7) is 6.24. The first-order chi connectivity index (χ1) is 67.7. The van der Waals surface area contributed by atoms with Crippen LogP contribution in [0, 0.1) is 45.3 Å². The molecule has 4 aromatic rings. The molecule has 143 heavy (non-hydrogen) atoms. The Morgan fingerprint density at radius 2 is 0.713 bits per heavy atom. The number of amides is 8. The van der Waals surface area contributed by atoms with Crippen LogP contribution >= 0.6 is 28.1 Å². The second kappa shape index (κ2) is 44.9. The number of thiocarbonyl (C=S) groups is 1. The van der Waals surface area contributed by atoms with Crippen molar-refractivity contribution in [1.82, 2.24) is 36.0 Å². The Labute approximate surface area is 838 Å². The smallest absolute Gasteiger partial charge is 0.390 e. The Balaban J connectivity index is 0.000000152. The Morgan fingerprint density at radius 3 is 1.02 bits per heavy atom. The van der Waals surface area contributed by atoms with Crippen molar-refractivity contribution in [3.05, 3.63) is 117 Å². The molecule has 20 rings (SSSR count). The quantitative estimate of drug-likeness (QED) is 0.00831. The summed E-state index contributed by atoms with van der Waals surface area (Å²) in [5.41, 5.74) is 6.22. The number of alkyl halides is 13. The molecule has 0 radical (unpaired) electrons. The highest BCUT2D eigenvalue weighted by Gasteiger charge is 2.72. The van der Waals surface area contributed by atoms with Crippen LogP contribution in [0.1, 0.15) is 245 Å². The number of aliphatic imine (C=N–C) groups is 1. The van der Waals surface area contributed by atoms with Crippen molar-refractivity contribution in [3.8, 4) is 23.0 Å². The molecule has 0 aromatic heterocycles. The van der Waals surface area contributed by atoms with Crippen molar-refractivity contribution in [3.63, 3.8) is 0 Å². The van der Waals surface area contributed by atoms with E-state index >= 15 is 0 Å². The lowest BCUT2D eigenvalue weighted by Crippen LogP contribution is -2.56. The minimum Gasteiger partial charge on any atom is -0.493 e. The van der Waals surface area contributed by atoms with E-state index < -0.39 is 138 Å². The van der Waals surface area contributed by atoms with Crippen LogP contribution < -0.4 is 51.8 Å². The summed E-state index contributed by atoms with van der Waals surface area (Å²) in [5, 5.41) is 33.2. The first-order valence-corrected chi connectivity index (χ1v) is 50.8. The number of urea groups is 2. The van der Waals surface area contributed by atoms with Crippen molar-refractivity contribution in [2.24, 2.45) is 62.0 Å². The topological polar surface area (TPSA) is 368 Å². The number of benzene rings is 4. The van der Waals surface area contributed by atoms with Crippen LogP contribution in [0.5, 0.6) is 23.0 Å². The van der Waals surface area contributed by atoms with E-state index in [0.29, 0.717) is 111 Å². The largest absolute Gasteiger partial charge is 0.493 e. The summed E-state index contributed by atoms with van der Waals surface area (Å²) in [6.07, 6.45) is 3.43. The van der Waals surface area contributed by atoms with Gasteiger partial charge in [-0.1, -0.05) is 40.2 Å². The number of hydrogen-bond donors (Lipinski definition) is 9. The van der Waals surface area contributed by atoms with E-state index in [1.165, 1.54) is 25.7 Å². The summed E-state index contributed by atoms with van der Waals surface area (Å²) >= 11 is 8.11. The van der Waals surface area contributed by atoms with Crippen molar-refractivity contribution < 1.29 is 140 Å². The zero-order valence-electron chi connectivity index (χ0n) is 82.1. The number of imide groups is 2. The summed E-state index contributed by atoms with van der Waals surface area (Å²) in [6, 6.07) is 22.2. The van der Waals surface area contributed by atoms with E-state index in [0.717, 1.165) is 182 Å². The molecule has 8 spiro atoms. The number of carbonyl (C=O) groups excluding carboxylic acids is 6. The number of rotatable bonds is 23. The van der Waals surface area contributed by atoms with Gasteiger partial charge in [0.1, 0.15) is 23.0 Å². The van der Waals surface area contributed by atoms with Crippen molar-refractivity contribution in [1.29, 1.82) is 0 Å². The second-order valence-electron chi connectivity index (χ2n) is 41.8. The van der Waals surface area contributed by atoms with Crippen LogP contribution in [-0.2, 0) is 90.9 Å². The molecule has 42 heteroatoms. The number of guanidine groups is 1. The van der Waals surface area contributed by atoms with Gasteiger partial charge in [-0.25, -0.2) is 25.4 Å². The molecule has 4 aromatic carbocycles. The number of ether oxygens (including phenoxy) is 8. The Morgan fingerprint density at radius 1 is 0.420 bits per heavy atom. The maximum Gasteiger partial charge on any atom is 0.390 e. The van der Waals surface area contributed by atoms with Crippen LogP contribution in [0.2, 0.25) is 0 Å². The highest BCUT2D eigenvalue weighted by atomic mass is 79.9. The lowest BCUT2D eigenvalue weighted by molar-refractivity contribution is -0.306. The van der Waals surface area contributed by atoms with Gasteiger partial charge in [0.05, 0.1) is 82.1 Å². The Hall–Kier alpha value is -8.46. The Kier molecular flexibility index (Phi) is 35.1. The number of hydrogen-bond acceptors (Lipinski definition) is 22. The van der Waals surface area contributed by atoms with Crippen molar-refractivity contribution in [2.75, 3.05) is 86.9 Å². The summed E-state index contributed by atoms with van der Waals surface area (Å²) in [5.74, 6) is 6.89. The highest BCUT2D eigenvalue weighted by Crippen LogP contribution is 2.66. The molecular formula is C101H135BrF12N10O18S. The maximum absolute atomic E-state index is 14.0. The van der Waals surface area contributed by atoms with Gasteiger partial charge in [-0.15, -0.1) is 0 Å². The van der Waals surface area contributed by atoms with Gasteiger partial charge in [0.25, 0.3) is 23.6 Å². The number of aliphatic hydroxyl groups excluding tert-OH is 1. The van der Waals surface area contributed by atoms with Crippen LogP contribution in [0.15, 0.2) is 77.8 Å². The Bertz CT molecular complexity index is 5010. The third-order valence-electron chi connectivity index (χ3n) is 31.5. The van der Waals surface area contributed by atoms with Gasteiger partial charge in [-0.2, -0.15) is 52.7 Å². The van der Waals surface area contributed by atoms with Crippen LogP contribution in [0.3, 0.4) is 0 Å². The number of aliphatic hydroxyl groups is 1. The van der Waals surface area contributed by atoms with Crippen molar-refractivity contribution >= 4 is 74.9 Å². The number of nitrogens with two attached hydrogens (primary N) is 2. The molecule has 0 bridgehead atoms. The van der Waals surface area contributed by atoms with E-state index in [4.69, 9.17) is 76.4 Å². The van der Waals surface area contributed by atoms with E-state index in [2.05, 4.69) is 54.0 Å². The average molecular weight is 2120 g/mol. The van der Waals surface area contributed by atoms with Gasteiger partial charge in [-0.3, -0.25) is 44.5 Å². The number of nitrogens with zero attached hydrogens (tertiary/aromatic N) is 4. The molecular weight excluding hydrogens is 1980 g/mol. The molecule has 794 valence electrons. The normalized spacial score (nSPS) is 29.4. The molecule has 4 heterocycles. The molecule has 3 saturated heterocycles. The van der Waals surface area contributed by atoms with E-state index in [1.807, 2.05) is 66.7 Å². The molecule has 11 fully saturated rings. The monoisotopic (exact) mass is 2110 g/mol. The fraction of sp³-hybridized carbons (Fsp3) is 0.683. The first-order valence-electron chi connectivity index (χ1n) is 49.3. The molecule has 4 aliphatic heterocycles. The van der Waals surface area contributed by atoms with Gasteiger partial charge in [0.15, 0.2) is 33.2 Å². The molecule has 12 aliphatic carbocycles. The molecule has 8 saturated carbocycles. The van der Waals surface area contributed by atoms with Crippen LogP contribution in [0.25, 0.3) is 0 Å². The number of nitrogens with one attached hydrogen (secondary N) is 4. The number of carbonyl (C=O) groups is 6. The lowest BCUT2D eigenvalue weighted by Gasteiger charge is -2.46. The second-order valence-corrected chi connectivity index (χ2v) is 43.0. The number of fused-ring (bicyclic) bond motifs is 12. The third-order valence-corrected chi connectivity index (χ3v) is 32.2. The molecule has 4 unspecified atom stereocenters. The van der Waals surface area contributed by atoms with Crippen LogP contribution in [-0.4, -0.2) is 219 Å².